The first-order chi connectivity index (χ1) is 4.84. The first-order valence-corrected chi connectivity index (χ1v) is 3.25. The van der Waals surface area contributed by atoms with Crippen molar-refractivity contribution < 1.29 is 4.48 Å². The second-order valence-corrected chi connectivity index (χ2v) is 2.24. The molecule has 2 heteroatoms. The molecule has 0 heterocycles. The Morgan fingerprint density at radius 3 is 2.40 bits per heavy atom. The van der Waals surface area contributed by atoms with Crippen molar-refractivity contribution in [2.75, 3.05) is 0 Å². The maximum atomic E-state index is 11.8. The van der Waals surface area contributed by atoms with E-state index < -0.39 is 0 Å². The van der Waals surface area contributed by atoms with Crippen LogP contribution in [0.4, 0.5) is 4.48 Å². The average molecular weight is 139 g/mol. The highest BCUT2D eigenvalue weighted by atomic mass is 19.2. The molecule has 1 aromatic rings. The van der Waals surface area contributed by atoms with Gasteiger partial charge in [0.2, 0.25) is 0 Å². The second-order valence-electron chi connectivity index (χ2n) is 2.24. The molecule has 0 amide bonds. The Morgan fingerprint density at radius 1 is 1.30 bits per heavy atom. The summed E-state index contributed by atoms with van der Waals surface area (Å²) in [7, 11) is 0. The standard InChI is InChI=1S/C8H10FN/c1-7(10-9)8-5-3-2-4-6-8/h2-7,10H,1H3. The van der Waals surface area contributed by atoms with Gasteiger partial charge in [0.05, 0.1) is 6.04 Å². The summed E-state index contributed by atoms with van der Waals surface area (Å²) >= 11 is 0. The maximum absolute atomic E-state index is 11.8. The topological polar surface area (TPSA) is 12.0 Å². The molecular weight excluding hydrogens is 129 g/mol. The van der Waals surface area contributed by atoms with E-state index in [1.807, 2.05) is 30.3 Å². The highest BCUT2D eigenvalue weighted by Gasteiger charge is 2.00. The van der Waals surface area contributed by atoms with Gasteiger partial charge in [-0.1, -0.05) is 30.3 Å². The van der Waals surface area contributed by atoms with Gasteiger partial charge >= 0.3 is 0 Å². The van der Waals surface area contributed by atoms with Crippen LogP contribution in [0.3, 0.4) is 0 Å². The minimum absolute atomic E-state index is 0.207. The van der Waals surface area contributed by atoms with Crippen molar-refractivity contribution in [1.29, 1.82) is 0 Å². The zero-order chi connectivity index (χ0) is 7.40. The molecule has 0 spiro atoms. The lowest BCUT2D eigenvalue weighted by Crippen LogP contribution is -2.06. The maximum Gasteiger partial charge on any atom is 0.0592 e. The van der Waals surface area contributed by atoms with Crippen molar-refractivity contribution in [3.05, 3.63) is 35.9 Å². The Hall–Kier alpha value is -0.890. The van der Waals surface area contributed by atoms with E-state index in [4.69, 9.17) is 0 Å². The Kier molecular flexibility index (Phi) is 2.40. The summed E-state index contributed by atoms with van der Waals surface area (Å²) in [5.41, 5.74) is 2.64. The number of hydrogen-bond donors (Lipinski definition) is 1. The van der Waals surface area contributed by atoms with Crippen molar-refractivity contribution in [2.24, 2.45) is 0 Å². The summed E-state index contributed by atoms with van der Waals surface area (Å²) in [6.07, 6.45) is 0. The number of rotatable bonds is 2. The fraction of sp³-hybridized carbons (Fsp3) is 0.250. The Labute approximate surface area is 59.8 Å². The molecule has 1 rings (SSSR count). The Morgan fingerprint density at radius 2 is 1.90 bits per heavy atom. The molecule has 0 saturated carbocycles. The number of hydrogen-bond acceptors (Lipinski definition) is 1. The Bertz CT molecular complexity index is 186. The predicted octanol–water partition coefficient (Wildman–Crippen LogP) is 2.22. The molecular formula is C8H10FN. The van der Waals surface area contributed by atoms with Crippen LogP contribution in [0, 0.1) is 0 Å². The van der Waals surface area contributed by atoms with E-state index in [1.54, 1.807) is 12.5 Å². The fourth-order valence-electron chi connectivity index (χ4n) is 0.805. The monoisotopic (exact) mass is 139 g/mol. The van der Waals surface area contributed by atoms with Gasteiger partial charge in [-0.25, -0.2) is 0 Å². The van der Waals surface area contributed by atoms with Crippen molar-refractivity contribution in [3.63, 3.8) is 0 Å². The molecule has 10 heavy (non-hydrogen) atoms. The summed E-state index contributed by atoms with van der Waals surface area (Å²) in [5.74, 6) is 0. The molecule has 1 nitrogen and oxygen atoms in total. The van der Waals surface area contributed by atoms with E-state index in [0.717, 1.165) is 5.56 Å². The molecule has 0 radical (unpaired) electrons. The minimum Gasteiger partial charge on any atom is -0.152 e. The van der Waals surface area contributed by atoms with Crippen LogP contribution < -0.4 is 5.54 Å². The summed E-state index contributed by atoms with van der Waals surface area (Å²) in [6, 6.07) is 9.26. The smallest absolute Gasteiger partial charge is 0.0592 e. The summed E-state index contributed by atoms with van der Waals surface area (Å²) < 4.78 is 11.8. The van der Waals surface area contributed by atoms with Gasteiger partial charge in [-0.2, -0.15) is 5.54 Å². The van der Waals surface area contributed by atoms with Gasteiger partial charge in [-0.05, 0) is 12.5 Å². The fourth-order valence-corrected chi connectivity index (χ4v) is 0.805. The van der Waals surface area contributed by atoms with Crippen molar-refractivity contribution >= 4 is 0 Å². The van der Waals surface area contributed by atoms with E-state index in [2.05, 4.69) is 0 Å². The van der Waals surface area contributed by atoms with Crippen LogP contribution >= 0.6 is 0 Å². The van der Waals surface area contributed by atoms with E-state index in [-0.39, 0.29) is 6.04 Å². The van der Waals surface area contributed by atoms with E-state index in [1.165, 1.54) is 0 Å². The molecule has 0 aliphatic carbocycles. The molecule has 0 saturated heterocycles. The molecule has 0 aromatic heterocycles. The zero-order valence-electron chi connectivity index (χ0n) is 5.84. The number of halogens is 1. The summed E-state index contributed by atoms with van der Waals surface area (Å²) in [4.78, 5) is 0. The first-order valence-electron chi connectivity index (χ1n) is 3.25. The zero-order valence-corrected chi connectivity index (χ0v) is 5.84. The van der Waals surface area contributed by atoms with E-state index in [9.17, 15) is 4.48 Å². The third-order valence-electron chi connectivity index (χ3n) is 1.46. The lowest BCUT2D eigenvalue weighted by molar-refractivity contribution is 0.285. The van der Waals surface area contributed by atoms with Crippen molar-refractivity contribution in [1.82, 2.24) is 5.54 Å². The lowest BCUT2D eigenvalue weighted by atomic mass is 10.1. The van der Waals surface area contributed by atoms with Crippen LogP contribution in [0.15, 0.2) is 30.3 Å². The van der Waals surface area contributed by atoms with Crippen LogP contribution in [0.25, 0.3) is 0 Å². The van der Waals surface area contributed by atoms with Gasteiger partial charge in [0, 0.05) is 0 Å². The van der Waals surface area contributed by atoms with E-state index in [0.29, 0.717) is 0 Å². The van der Waals surface area contributed by atoms with Crippen molar-refractivity contribution in [2.45, 2.75) is 13.0 Å². The van der Waals surface area contributed by atoms with Gasteiger partial charge < -0.3 is 0 Å². The van der Waals surface area contributed by atoms with Crippen LogP contribution in [0.2, 0.25) is 0 Å². The number of benzene rings is 1. The second kappa shape index (κ2) is 3.32. The van der Waals surface area contributed by atoms with Gasteiger partial charge in [-0.3, -0.25) is 0 Å². The molecule has 1 aromatic carbocycles. The highest BCUT2D eigenvalue weighted by molar-refractivity contribution is 5.17. The van der Waals surface area contributed by atoms with Crippen LogP contribution in [0.1, 0.15) is 18.5 Å². The quantitative estimate of drug-likeness (QED) is 0.619. The highest BCUT2D eigenvalue weighted by Crippen LogP contribution is 2.10. The average Bonchev–Trinajstić information content (AvgIpc) is 2.05. The third-order valence-corrected chi connectivity index (χ3v) is 1.46. The van der Waals surface area contributed by atoms with Gasteiger partial charge in [0.25, 0.3) is 0 Å². The van der Waals surface area contributed by atoms with Gasteiger partial charge in [0.15, 0.2) is 0 Å². The van der Waals surface area contributed by atoms with Crippen molar-refractivity contribution in [3.8, 4) is 0 Å². The molecule has 0 aliphatic rings. The molecule has 0 fully saturated rings. The van der Waals surface area contributed by atoms with Crippen LogP contribution in [-0.2, 0) is 0 Å². The molecule has 0 aliphatic heterocycles. The van der Waals surface area contributed by atoms with Crippen LogP contribution in [0.5, 0.6) is 0 Å². The lowest BCUT2D eigenvalue weighted by Gasteiger charge is -2.05. The van der Waals surface area contributed by atoms with Gasteiger partial charge in [0.1, 0.15) is 0 Å². The van der Waals surface area contributed by atoms with Crippen LogP contribution in [-0.4, -0.2) is 0 Å². The summed E-state index contributed by atoms with van der Waals surface area (Å²) in [5, 5.41) is 0. The summed E-state index contributed by atoms with van der Waals surface area (Å²) in [6.45, 7) is 1.77. The first kappa shape index (κ1) is 7.22. The molecule has 1 unspecified atom stereocenters. The largest absolute Gasteiger partial charge is 0.152 e. The molecule has 54 valence electrons. The van der Waals surface area contributed by atoms with E-state index >= 15 is 0 Å². The molecule has 0 bridgehead atoms. The predicted molar refractivity (Wildman–Crippen MR) is 39.1 cm³/mol. The molecule has 1 atom stereocenters. The SMILES string of the molecule is CC(NF)c1ccccc1. The number of nitrogens with one attached hydrogen (secondary N) is 1. The molecule has 1 N–H and O–H groups in total. The minimum atomic E-state index is -0.207. The normalized spacial score (nSPS) is 13.0. The van der Waals surface area contributed by atoms with Gasteiger partial charge in [-0.15, -0.1) is 4.48 Å². The Balaban J connectivity index is 2.75. The third kappa shape index (κ3) is 1.54.